The van der Waals surface area contributed by atoms with E-state index in [1.54, 1.807) is 31.2 Å². The van der Waals surface area contributed by atoms with E-state index in [1.807, 2.05) is 13.0 Å². The van der Waals surface area contributed by atoms with Crippen LogP contribution in [0.15, 0.2) is 47.4 Å². The highest BCUT2D eigenvalue weighted by Crippen LogP contribution is 2.20. The first-order chi connectivity index (χ1) is 12.8. The van der Waals surface area contributed by atoms with Gasteiger partial charge in [-0.25, -0.2) is 8.42 Å². The third-order valence-corrected chi connectivity index (χ3v) is 5.43. The second-order valence-corrected chi connectivity index (χ2v) is 8.14. The van der Waals surface area contributed by atoms with Gasteiger partial charge in [-0.05, 0) is 62.2 Å². The summed E-state index contributed by atoms with van der Waals surface area (Å²) >= 11 is 0. The van der Waals surface area contributed by atoms with E-state index in [4.69, 9.17) is 0 Å². The van der Waals surface area contributed by atoms with Crippen molar-refractivity contribution in [3.05, 3.63) is 59.2 Å². The second kappa shape index (κ2) is 11.0. The van der Waals surface area contributed by atoms with E-state index in [2.05, 4.69) is 22.3 Å². The van der Waals surface area contributed by atoms with E-state index >= 15 is 0 Å². The standard InChI is InChI=1S/C20H27N3O3S.ClH/c1-4-10-21-11-12-22-20(24)19-14-18(9-8-16(19)3)27(25,26)23-17-7-5-6-15(2)13-17;/h5-9,13-14,21,23H,4,10-12H2,1-3H3,(H,22,24);1H. The normalized spacial score (nSPS) is 10.8. The van der Waals surface area contributed by atoms with Gasteiger partial charge in [0.15, 0.2) is 0 Å². The maximum Gasteiger partial charge on any atom is 0.261 e. The van der Waals surface area contributed by atoms with Crippen molar-refractivity contribution in [2.75, 3.05) is 24.4 Å². The van der Waals surface area contributed by atoms with Crippen molar-refractivity contribution in [2.24, 2.45) is 0 Å². The highest BCUT2D eigenvalue weighted by Gasteiger charge is 2.18. The third-order valence-electron chi connectivity index (χ3n) is 4.05. The molecule has 154 valence electrons. The summed E-state index contributed by atoms with van der Waals surface area (Å²) in [6, 6.07) is 11.7. The third kappa shape index (κ3) is 6.82. The van der Waals surface area contributed by atoms with Gasteiger partial charge in [0.25, 0.3) is 15.9 Å². The molecular weight excluding hydrogens is 398 g/mol. The molecule has 0 bridgehead atoms. The van der Waals surface area contributed by atoms with Crippen molar-refractivity contribution < 1.29 is 13.2 Å². The van der Waals surface area contributed by atoms with Crippen molar-refractivity contribution in [1.82, 2.24) is 10.6 Å². The molecule has 0 radical (unpaired) electrons. The van der Waals surface area contributed by atoms with E-state index in [0.29, 0.717) is 24.3 Å². The fourth-order valence-corrected chi connectivity index (χ4v) is 3.67. The van der Waals surface area contributed by atoms with Gasteiger partial charge in [0.05, 0.1) is 4.90 Å². The summed E-state index contributed by atoms with van der Waals surface area (Å²) in [5.41, 5.74) is 2.53. The highest BCUT2D eigenvalue weighted by molar-refractivity contribution is 7.92. The number of halogens is 1. The Bertz CT molecular complexity index is 901. The number of aryl methyl sites for hydroxylation is 2. The number of sulfonamides is 1. The molecule has 0 heterocycles. The van der Waals surface area contributed by atoms with Crippen LogP contribution in [0.2, 0.25) is 0 Å². The predicted octanol–water partition coefficient (Wildman–Crippen LogP) is 3.26. The number of carbonyl (C=O) groups is 1. The van der Waals surface area contributed by atoms with Crippen LogP contribution < -0.4 is 15.4 Å². The largest absolute Gasteiger partial charge is 0.351 e. The van der Waals surface area contributed by atoms with Crippen molar-refractivity contribution >= 4 is 34.0 Å². The number of amides is 1. The number of rotatable bonds is 9. The Morgan fingerprint density at radius 2 is 1.75 bits per heavy atom. The number of anilines is 1. The molecule has 0 aliphatic heterocycles. The van der Waals surface area contributed by atoms with Gasteiger partial charge < -0.3 is 10.6 Å². The van der Waals surface area contributed by atoms with Crippen LogP contribution in [0, 0.1) is 13.8 Å². The van der Waals surface area contributed by atoms with Gasteiger partial charge in [-0.2, -0.15) is 0 Å². The first-order valence-corrected chi connectivity index (χ1v) is 10.5. The maximum atomic E-state index is 12.7. The summed E-state index contributed by atoms with van der Waals surface area (Å²) in [4.78, 5) is 12.5. The molecule has 0 atom stereocenters. The van der Waals surface area contributed by atoms with Crippen LogP contribution in [0.5, 0.6) is 0 Å². The number of hydrogen-bond donors (Lipinski definition) is 3. The molecule has 0 saturated heterocycles. The Morgan fingerprint density at radius 3 is 2.43 bits per heavy atom. The monoisotopic (exact) mass is 425 g/mol. The number of hydrogen-bond acceptors (Lipinski definition) is 4. The van der Waals surface area contributed by atoms with E-state index in [-0.39, 0.29) is 23.2 Å². The smallest absolute Gasteiger partial charge is 0.261 e. The van der Waals surface area contributed by atoms with Crippen LogP contribution >= 0.6 is 12.4 Å². The fraction of sp³-hybridized carbons (Fsp3) is 0.350. The zero-order valence-corrected chi connectivity index (χ0v) is 18.0. The first kappa shape index (κ1) is 23.9. The molecule has 0 unspecified atom stereocenters. The van der Waals surface area contributed by atoms with Crippen LogP contribution in [0.3, 0.4) is 0 Å². The highest BCUT2D eigenvalue weighted by atomic mass is 35.5. The molecule has 2 rings (SSSR count). The van der Waals surface area contributed by atoms with Crippen molar-refractivity contribution in [3.63, 3.8) is 0 Å². The molecule has 1 amide bonds. The molecule has 0 spiro atoms. The van der Waals surface area contributed by atoms with Gasteiger partial charge in [0.2, 0.25) is 0 Å². The van der Waals surface area contributed by atoms with Gasteiger partial charge in [-0.1, -0.05) is 25.1 Å². The molecule has 2 aromatic rings. The van der Waals surface area contributed by atoms with Gasteiger partial charge in [0, 0.05) is 24.3 Å². The zero-order chi connectivity index (χ0) is 19.9. The van der Waals surface area contributed by atoms with Gasteiger partial charge >= 0.3 is 0 Å². The molecule has 3 N–H and O–H groups in total. The Balaban J connectivity index is 0.00000392. The Hall–Kier alpha value is -2.09. The van der Waals surface area contributed by atoms with E-state index < -0.39 is 10.0 Å². The molecule has 0 saturated carbocycles. The lowest BCUT2D eigenvalue weighted by Crippen LogP contribution is -2.32. The summed E-state index contributed by atoms with van der Waals surface area (Å²) in [6.07, 6.45) is 1.03. The minimum Gasteiger partial charge on any atom is -0.351 e. The van der Waals surface area contributed by atoms with Crippen molar-refractivity contribution in [3.8, 4) is 0 Å². The second-order valence-electron chi connectivity index (χ2n) is 6.46. The number of benzene rings is 2. The summed E-state index contributed by atoms with van der Waals surface area (Å²) < 4.78 is 27.9. The molecule has 6 nitrogen and oxygen atoms in total. The summed E-state index contributed by atoms with van der Waals surface area (Å²) in [5.74, 6) is -0.279. The molecule has 28 heavy (non-hydrogen) atoms. The fourth-order valence-electron chi connectivity index (χ4n) is 2.60. The topological polar surface area (TPSA) is 87.3 Å². The van der Waals surface area contributed by atoms with Gasteiger partial charge in [-0.3, -0.25) is 9.52 Å². The van der Waals surface area contributed by atoms with Crippen molar-refractivity contribution in [2.45, 2.75) is 32.1 Å². The van der Waals surface area contributed by atoms with E-state index in [0.717, 1.165) is 24.1 Å². The Morgan fingerprint density at radius 1 is 1.00 bits per heavy atom. The number of nitrogens with one attached hydrogen (secondary N) is 3. The van der Waals surface area contributed by atoms with Crippen LogP contribution in [-0.2, 0) is 10.0 Å². The van der Waals surface area contributed by atoms with E-state index in [1.165, 1.54) is 12.1 Å². The minimum atomic E-state index is -3.78. The maximum absolute atomic E-state index is 12.7. The van der Waals surface area contributed by atoms with Crippen LogP contribution in [-0.4, -0.2) is 34.0 Å². The summed E-state index contributed by atoms with van der Waals surface area (Å²) in [6.45, 7) is 7.80. The average Bonchev–Trinajstić information content (AvgIpc) is 2.61. The molecule has 2 aromatic carbocycles. The Kier molecular flexibility index (Phi) is 9.45. The van der Waals surface area contributed by atoms with Crippen LogP contribution in [0.25, 0.3) is 0 Å². The summed E-state index contributed by atoms with van der Waals surface area (Å²) in [7, 11) is -3.78. The molecule has 0 aliphatic rings. The average molecular weight is 426 g/mol. The van der Waals surface area contributed by atoms with Gasteiger partial charge in [0.1, 0.15) is 0 Å². The lowest BCUT2D eigenvalue weighted by atomic mass is 10.1. The molecule has 0 aliphatic carbocycles. The number of carbonyl (C=O) groups excluding carboxylic acids is 1. The molecular formula is C20H28ClN3O3S. The SMILES string of the molecule is CCCNCCNC(=O)c1cc(S(=O)(=O)Nc2cccc(C)c2)ccc1C.Cl. The molecule has 0 aromatic heterocycles. The quantitative estimate of drug-likeness (QED) is 0.538. The predicted molar refractivity (Wildman–Crippen MR) is 116 cm³/mol. The zero-order valence-electron chi connectivity index (χ0n) is 16.4. The van der Waals surface area contributed by atoms with Crippen molar-refractivity contribution in [1.29, 1.82) is 0 Å². The lowest BCUT2D eigenvalue weighted by molar-refractivity contribution is 0.0953. The summed E-state index contributed by atoms with van der Waals surface area (Å²) in [5, 5.41) is 6.02. The molecule has 0 fully saturated rings. The minimum absolute atomic E-state index is 0. The van der Waals surface area contributed by atoms with Crippen LogP contribution in [0.1, 0.15) is 34.8 Å². The Labute approximate surface area is 173 Å². The lowest BCUT2D eigenvalue weighted by Gasteiger charge is -2.12. The van der Waals surface area contributed by atoms with Crippen LogP contribution in [0.4, 0.5) is 5.69 Å². The van der Waals surface area contributed by atoms with E-state index in [9.17, 15) is 13.2 Å². The molecule has 8 heteroatoms. The van der Waals surface area contributed by atoms with Gasteiger partial charge in [-0.15, -0.1) is 12.4 Å². The first-order valence-electron chi connectivity index (χ1n) is 9.02.